The van der Waals surface area contributed by atoms with E-state index in [1.165, 1.54) is 6.26 Å². The molecular formula is C15H20O4. The number of hydrogen-bond donors (Lipinski definition) is 1. The highest BCUT2D eigenvalue weighted by Crippen LogP contribution is 2.33. The second-order valence-corrected chi connectivity index (χ2v) is 4.49. The van der Waals surface area contributed by atoms with Gasteiger partial charge in [-0.2, -0.15) is 0 Å². The van der Waals surface area contributed by atoms with Crippen LogP contribution in [-0.4, -0.2) is 17.7 Å². The highest BCUT2D eigenvalue weighted by Gasteiger charge is 2.12. The summed E-state index contributed by atoms with van der Waals surface area (Å²) in [6.07, 6.45) is 1.43. The molecule has 0 unspecified atom stereocenters. The zero-order valence-electron chi connectivity index (χ0n) is 11.8. The molecule has 0 fully saturated rings. The Labute approximate surface area is 113 Å². The molecule has 104 valence electrons. The lowest BCUT2D eigenvalue weighted by molar-refractivity contribution is -0.138. The van der Waals surface area contributed by atoms with Crippen LogP contribution in [0.3, 0.4) is 0 Å². The topological polar surface area (TPSA) is 55.8 Å². The third-order valence-corrected chi connectivity index (χ3v) is 2.62. The summed E-state index contributed by atoms with van der Waals surface area (Å²) in [5.74, 6) is 0.975. The maximum atomic E-state index is 9.94. The third kappa shape index (κ3) is 4.02. The van der Waals surface area contributed by atoms with Crippen LogP contribution in [-0.2, 0) is 9.53 Å². The number of cyclic esters (lactones) is 1. The normalized spacial score (nSPS) is 12.9. The zero-order chi connectivity index (χ0) is 14.4. The Hall–Kier alpha value is -1.97. The van der Waals surface area contributed by atoms with Gasteiger partial charge in [0, 0.05) is 5.56 Å². The van der Waals surface area contributed by atoms with Crippen LogP contribution in [0.1, 0.15) is 39.2 Å². The van der Waals surface area contributed by atoms with Crippen molar-refractivity contribution in [3.63, 3.8) is 0 Å². The van der Waals surface area contributed by atoms with Crippen molar-refractivity contribution in [3.8, 4) is 11.5 Å². The van der Waals surface area contributed by atoms with E-state index >= 15 is 0 Å². The highest BCUT2D eigenvalue weighted by molar-refractivity contribution is 5.92. The molecule has 0 amide bonds. The first kappa shape index (κ1) is 15.1. The summed E-state index contributed by atoms with van der Waals surface area (Å²) >= 11 is 0. The molecule has 0 aromatic heterocycles. The molecule has 1 aromatic rings. The summed E-state index contributed by atoms with van der Waals surface area (Å²) in [5, 5.41) is 9.77. The number of rotatable bonds is 3. The fourth-order valence-electron chi connectivity index (χ4n) is 1.50. The maximum absolute atomic E-state index is 9.94. The molecule has 19 heavy (non-hydrogen) atoms. The first-order chi connectivity index (χ1) is 8.97. The molecule has 0 saturated heterocycles. The third-order valence-electron chi connectivity index (χ3n) is 2.62. The molecule has 0 atom stereocenters. The Balaban J connectivity index is 0.000000250. The standard InChI is InChI=1S/C11H16O2.C4H4O2/c1-4-13-10-7-5-6-9(8(2)3)11(10)12;1-3-2-6-4(3)5/h5-8,12H,4H2,1-3H3;2H,1H3. The number of esters is 1. The van der Waals surface area contributed by atoms with Crippen molar-refractivity contribution in [2.75, 3.05) is 6.61 Å². The maximum Gasteiger partial charge on any atom is 0.341 e. The lowest BCUT2D eigenvalue weighted by Gasteiger charge is -2.11. The number of phenols is 1. The summed E-state index contributed by atoms with van der Waals surface area (Å²) in [5.41, 5.74) is 1.64. The molecule has 4 nitrogen and oxygen atoms in total. The van der Waals surface area contributed by atoms with E-state index in [1.54, 1.807) is 13.0 Å². The van der Waals surface area contributed by atoms with Crippen LogP contribution in [0.25, 0.3) is 0 Å². The van der Waals surface area contributed by atoms with Gasteiger partial charge in [0.05, 0.1) is 12.2 Å². The van der Waals surface area contributed by atoms with Crippen LogP contribution in [0.15, 0.2) is 30.0 Å². The van der Waals surface area contributed by atoms with Crippen LogP contribution >= 0.6 is 0 Å². The van der Waals surface area contributed by atoms with E-state index in [9.17, 15) is 9.90 Å². The van der Waals surface area contributed by atoms with Gasteiger partial charge < -0.3 is 14.6 Å². The van der Waals surface area contributed by atoms with Crippen molar-refractivity contribution in [3.05, 3.63) is 35.6 Å². The monoisotopic (exact) mass is 264 g/mol. The molecule has 1 aliphatic heterocycles. The van der Waals surface area contributed by atoms with E-state index in [0.717, 1.165) is 5.56 Å². The summed E-state index contributed by atoms with van der Waals surface area (Å²) in [6, 6.07) is 5.60. The molecule has 1 N–H and O–H groups in total. The average molecular weight is 264 g/mol. The van der Waals surface area contributed by atoms with Gasteiger partial charge in [-0.05, 0) is 25.8 Å². The summed E-state index contributed by atoms with van der Waals surface area (Å²) < 4.78 is 9.52. The molecule has 0 spiro atoms. The minimum absolute atomic E-state index is 0.199. The van der Waals surface area contributed by atoms with Gasteiger partial charge in [0.2, 0.25) is 0 Å². The Morgan fingerprint density at radius 3 is 2.37 bits per heavy atom. The second-order valence-electron chi connectivity index (χ2n) is 4.49. The minimum atomic E-state index is -0.199. The summed E-state index contributed by atoms with van der Waals surface area (Å²) in [7, 11) is 0. The molecule has 0 bridgehead atoms. The predicted molar refractivity (Wildman–Crippen MR) is 73.2 cm³/mol. The van der Waals surface area contributed by atoms with Crippen LogP contribution in [0.5, 0.6) is 11.5 Å². The van der Waals surface area contributed by atoms with Crippen molar-refractivity contribution < 1.29 is 19.4 Å². The molecule has 2 rings (SSSR count). The number of para-hydroxylation sites is 1. The van der Waals surface area contributed by atoms with Crippen molar-refractivity contribution in [2.45, 2.75) is 33.6 Å². The van der Waals surface area contributed by atoms with Crippen LogP contribution < -0.4 is 4.74 Å². The first-order valence-corrected chi connectivity index (χ1v) is 6.29. The highest BCUT2D eigenvalue weighted by atomic mass is 16.5. The van der Waals surface area contributed by atoms with E-state index < -0.39 is 0 Å². The average Bonchev–Trinajstić information content (AvgIpc) is 2.39. The number of carbonyl (C=O) groups excluding carboxylic acids is 1. The van der Waals surface area contributed by atoms with Gasteiger partial charge in [-0.3, -0.25) is 0 Å². The smallest absolute Gasteiger partial charge is 0.341 e. The SMILES string of the molecule is CC1=COC1=O.CCOc1cccc(C(C)C)c1O. The van der Waals surface area contributed by atoms with Crippen LogP contribution in [0.2, 0.25) is 0 Å². The minimum Gasteiger partial charge on any atom is -0.504 e. The van der Waals surface area contributed by atoms with Gasteiger partial charge in [-0.1, -0.05) is 26.0 Å². The van der Waals surface area contributed by atoms with Crippen molar-refractivity contribution in [1.29, 1.82) is 0 Å². The van der Waals surface area contributed by atoms with Crippen molar-refractivity contribution in [1.82, 2.24) is 0 Å². The van der Waals surface area contributed by atoms with Gasteiger partial charge in [-0.15, -0.1) is 0 Å². The lowest BCUT2D eigenvalue weighted by Crippen LogP contribution is -2.10. The zero-order valence-corrected chi connectivity index (χ0v) is 11.8. The first-order valence-electron chi connectivity index (χ1n) is 6.29. The summed E-state index contributed by atoms with van der Waals surface area (Å²) in [4.78, 5) is 9.94. The van der Waals surface area contributed by atoms with E-state index in [4.69, 9.17) is 4.74 Å². The van der Waals surface area contributed by atoms with Gasteiger partial charge in [0.15, 0.2) is 11.5 Å². The Bertz CT molecular complexity index is 475. The molecule has 0 saturated carbocycles. The van der Waals surface area contributed by atoms with Crippen molar-refractivity contribution in [2.24, 2.45) is 0 Å². The van der Waals surface area contributed by atoms with E-state index in [-0.39, 0.29) is 11.7 Å². The molecule has 0 aliphatic carbocycles. The number of aromatic hydroxyl groups is 1. The molecule has 4 heteroatoms. The van der Waals surface area contributed by atoms with E-state index in [2.05, 4.69) is 4.74 Å². The molecule has 1 heterocycles. The molecular weight excluding hydrogens is 244 g/mol. The lowest BCUT2D eigenvalue weighted by atomic mass is 10.0. The Kier molecular flexibility index (Phi) is 5.42. The number of ether oxygens (including phenoxy) is 2. The van der Waals surface area contributed by atoms with Gasteiger partial charge >= 0.3 is 5.97 Å². The van der Waals surface area contributed by atoms with Crippen LogP contribution in [0, 0.1) is 0 Å². The predicted octanol–water partition coefficient (Wildman–Crippen LogP) is 3.36. The van der Waals surface area contributed by atoms with Gasteiger partial charge in [0.1, 0.15) is 6.26 Å². The quantitative estimate of drug-likeness (QED) is 0.850. The molecule has 1 aliphatic rings. The summed E-state index contributed by atoms with van der Waals surface area (Å²) in [6.45, 7) is 8.29. The molecule has 1 aromatic carbocycles. The fourth-order valence-corrected chi connectivity index (χ4v) is 1.50. The number of benzene rings is 1. The van der Waals surface area contributed by atoms with E-state index in [0.29, 0.717) is 23.8 Å². The van der Waals surface area contributed by atoms with Crippen LogP contribution in [0.4, 0.5) is 0 Å². The Morgan fingerprint density at radius 1 is 1.37 bits per heavy atom. The number of phenolic OH excluding ortho intramolecular Hbond substituents is 1. The number of hydrogen-bond acceptors (Lipinski definition) is 4. The second kappa shape index (κ2) is 6.83. The van der Waals surface area contributed by atoms with E-state index in [1.807, 2.05) is 32.9 Å². The van der Waals surface area contributed by atoms with Gasteiger partial charge in [-0.25, -0.2) is 4.79 Å². The molecule has 0 radical (unpaired) electrons. The largest absolute Gasteiger partial charge is 0.504 e. The van der Waals surface area contributed by atoms with Crippen molar-refractivity contribution >= 4 is 5.97 Å². The fraction of sp³-hybridized carbons (Fsp3) is 0.400. The number of carbonyl (C=O) groups is 1. The Morgan fingerprint density at radius 2 is 2.00 bits per heavy atom. The van der Waals surface area contributed by atoms with Gasteiger partial charge in [0.25, 0.3) is 0 Å².